The highest BCUT2D eigenvalue weighted by Crippen LogP contribution is 2.54. The third kappa shape index (κ3) is 12.1. The van der Waals surface area contributed by atoms with Gasteiger partial charge in [0, 0.05) is 69.7 Å². The molecule has 10 rings (SSSR count). The van der Waals surface area contributed by atoms with E-state index in [4.69, 9.17) is 9.73 Å². The van der Waals surface area contributed by atoms with Crippen LogP contribution in [0.5, 0.6) is 5.75 Å². The van der Waals surface area contributed by atoms with Gasteiger partial charge >= 0.3 is 0 Å². The lowest BCUT2D eigenvalue weighted by molar-refractivity contribution is -0.117. The molecule has 374 valence electrons. The van der Waals surface area contributed by atoms with Crippen LogP contribution in [0.25, 0.3) is 10.8 Å². The molecule has 2 N–H and O–H groups in total. The van der Waals surface area contributed by atoms with Gasteiger partial charge in [0.05, 0.1) is 54.8 Å². The fourth-order valence-corrected chi connectivity index (χ4v) is 14.3. The summed E-state index contributed by atoms with van der Waals surface area (Å²) in [6, 6.07) is 68.7. The Balaban J connectivity index is 0.731. The average molecular weight is 1010 g/mol. The Kier molecular flexibility index (Phi) is 15.9. The summed E-state index contributed by atoms with van der Waals surface area (Å²) in [7, 11) is 1.54. The zero-order valence-corrected chi connectivity index (χ0v) is 43.4. The third-order valence-electron chi connectivity index (χ3n) is 13.9. The number of hydrogen-bond acceptors (Lipinski definition) is 9. The molecule has 0 saturated heterocycles. The van der Waals surface area contributed by atoms with E-state index in [0.29, 0.717) is 43.9 Å². The lowest BCUT2D eigenvalue weighted by Crippen LogP contribution is -2.37. The molecule has 0 spiro atoms. The number of methoxy groups -OCH3 is 1. The number of fused-ring (bicyclic) bond motifs is 2. The Morgan fingerprint density at radius 2 is 1.27 bits per heavy atom. The predicted octanol–water partition coefficient (Wildman–Crippen LogP) is 10.4. The second-order valence-corrected chi connectivity index (χ2v) is 22.6. The van der Waals surface area contributed by atoms with Gasteiger partial charge in [-0.05, 0) is 137 Å². The van der Waals surface area contributed by atoms with Crippen molar-refractivity contribution in [3.63, 3.8) is 0 Å². The number of hydrogen-bond donors (Lipinski definition) is 2. The summed E-state index contributed by atoms with van der Waals surface area (Å²) in [6.07, 6.45) is 5.37. The molecule has 0 aliphatic carbocycles. The first-order valence-electron chi connectivity index (χ1n) is 25.5. The van der Waals surface area contributed by atoms with E-state index >= 15 is 0 Å². The summed E-state index contributed by atoms with van der Waals surface area (Å²) in [5, 5.41) is 12.9. The van der Waals surface area contributed by atoms with Crippen LogP contribution in [-0.4, -0.2) is 78.8 Å². The molecule has 0 bridgehead atoms. The molecule has 75 heavy (non-hydrogen) atoms. The number of aliphatic imine (C=N–C) groups is 1. The van der Waals surface area contributed by atoms with E-state index in [-0.39, 0.29) is 24.7 Å². The molecule has 0 radical (unpaired) electrons. The first kappa shape index (κ1) is 50.2. The second-order valence-electron chi connectivity index (χ2n) is 19.0. The Morgan fingerprint density at radius 1 is 0.640 bits per heavy atom. The zero-order chi connectivity index (χ0) is 51.4. The van der Waals surface area contributed by atoms with Crippen LogP contribution >= 0.6 is 7.26 Å². The number of benzene rings is 7. The van der Waals surface area contributed by atoms with Gasteiger partial charge in [0.25, 0.3) is 5.91 Å². The molecular weight excluding hydrogens is 946 g/mol. The lowest BCUT2D eigenvalue weighted by atomic mass is 9.99. The van der Waals surface area contributed by atoms with Crippen LogP contribution in [0.15, 0.2) is 218 Å². The van der Waals surface area contributed by atoms with Crippen LogP contribution in [0.4, 0.5) is 17.1 Å². The summed E-state index contributed by atoms with van der Waals surface area (Å²) < 4.78 is 5.79. The highest BCUT2D eigenvalue weighted by molar-refractivity contribution is 7.95. The molecule has 0 atom stereocenters. The molecule has 0 unspecified atom stereocenters. The molecule has 10 nitrogen and oxygen atoms in total. The Hall–Kier alpha value is -8.30. The van der Waals surface area contributed by atoms with Crippen molar-refractivity contribution in [2.45, 2.75) is 25.9 Å². The molecule has 1 aliphatic heterocycles. The van der Waals surface area contributed by atoms with Gasteiger partial charge in [-0.2, -0.15) is 0 Å². The minimum Gasteiger partial charge on any atom is -0.495 e. The van der Waals surface area contributed by atoms with Crippen LogP contribution < -0.4 is 36.2 Å². The van der Waals surface area contributed by atoms with Gasteiger partial charge < -0.3 is 20.3 Å². The van der Waals surface area contributed by atoms with Crippen molar-refractivity contribution >= 4 is 68.4 Å². The minimum absolute atomic E-state index is 0.0844. The summed E-state index contributed by atoms with van der Waals surface area (Å²) >= 11 is 0. The molecule has 9 aromatic rings. The monoisotopic (exact) mass is 1010 g/mol. The van der Waals surface area contributed by atoms with E-state index in [1.807, 2.05) is 97.1 Å². The number of ketones is 1. The zero-order valence-electron chi connectivity index (χ0n) is 42.5. The number of rotatable bonds is 22. The number of nitrogens with one attached hydrogen (secondary N) is 2. The van der Waals surface area contributed by atoms with E-state index in [2.05, 4.69) is 153 Å². The van der Waals surface area contributed by atoms with Gasteiger partial charge in [-0.1, -0.05) is 91.0 Å². The largest absolute Gasteiger partial charge is 0.495 e. The van der Waals surface area contributed by atoms with Gasteiger partial charge in [0.2, 0.25) is 0 Å². The molecule has 3 heterocycles. The van der Waals surface area contributed by atoms with Crippen LogP contribution in [0.2, 0.25) is 0 Å². The Morgan fingerprint density at radius 3 is 1.89 bits per heavy atom. The van der Waals surface area contributed by atoms with Crippen molar-refractivity contribution in [1.29, 1.82) is 0 Å². The fraction of sp³-hybridized carbons (Fsp3) is 0.172. The maximum atomic E-state index is 13.8. The highest BCUT2D eigenvalue weighted by atomic mass is 31.2. The van der Waals surface area contributed by atoms with Crippen LogP contribution in [0.1, 0.15) is 38.4 Å². The minimum atomic E-state index is -2.08. The molecule has 2 aromatic heterocycles. The van der Waals surface area contributed by atoms with Gasteiger partial charge in [0.1, 0.15) is 28.9 Å². The smallest absolute Gasteiger partial charge is 0.251 e. The maximum absolute atomic E-state index is 13.8. The summed E-state index contributed by atoms with van der Waals surface area (Å²) in [4.78, 5) is 45.8. The summed E-state index contributed by atoms with van der Waals surface area (Å²) in [5.41, 5.74) is 9.33. The van der Waals surface area contributed by atoms with Crippen molar-refractivity contribution in [1.82, 2.24) is 20.2 Å². The number of carbonyl (C=O) groups is 2. The number of ether oxygens (including phenoxy) is 1. The van der Waals surface area contributed by atoms with E-state index in [1.165, 1.54) is 15.9 Å². The number of pyridine rings is 2. The van der Waals surface area contributed by atoms with E-state index in [1.54, 1.807) is 7.11 Å². The van der Waals surface area contributed by atoms with Crippen molar-refractivity contribution in [3.8, 4) is 5.75 Å². The normalized spacial score (nSPS) is 12.0. The molecule has 7 aromatic carbocycles. The SMILES string of the molecule is COc1cc(CC(=O)CN(C)c2ccc3cc(C4=Nc5ccc(C(=O)NCC[P+](c6ccccc6)(c6ccccc6)c6ccccc6)cc5C4)ccc3c2)ccc1NCCN(Cc1ccccn1)Cc1ccccn1. The van der Waals surface area contributed by atoms with Gasteiger partial charge in [0.15, 0.2) is 5.78 Å². The number of anilines is 2. The quantitative estimate of drug-likeness (QED) is 0.0646. The van der Waals surface area contributed by atoms with Gasteiger partial charge in [-0.25, -0.2) is 0 Å². The highest BCUT2D eigenvalue weighted by Gasteiger charge is 2.45. The molecule has 1 amide bonds. The molecule has 0 saturated carbocycles. The number of nitrogens with zero attached hydrogens (tertiary/aromatic N) is 5. The summed E-state index contributed by atoms with van der Waals surface area (Å²) in [6.45, 7) is 3.65. The van der Waals surface area contributed by atoms with Crippen molar-refractivity contribution < 1.29 is 14.3 Å². The summed E-state index contributed by atoms with van der Waals surface area (Å²) in [5.74, 6) is 0.719. The van der Waals surface area contributed by atoms with Crippen molar-refractivity contribution in [2.75, 3.05) is 56.7 Å². The second kappa shape index (κ2) is 23.7. The van der Waals surface area contributed by atoms with Crippen molar-refractivity contribution in [3.05, 3.63) is 246 Å². The first-order valence-corrected chi connectivity index (χ1v) is 27.5. The number of aromatic nitrogens is 2. The molecule has 0 fully saturated rings. The van der Waals surface area contributed by atoms with Crippen LogP contribution in [0, 0.1) is 0 Å². The lowest BCUT2D eigenvalue weighted by Gasteiger charge is -2.27. The first-order chi connectivity index (χ1) is 36.8. The number of carbonyl (C=O) groups excluding carboxylic acids is 2. The Bertz CT molecular complexity index is 3280. The van der Waals surface area contributed by atoms with E-state index < -0.39 is 7.26 Å². The molecule has 1 aliphatic rings. The molecule has 11 heteroatoms. The predicted molar refractivity (Wildman–Crippen MR) is 309 cm³/mol. The fourth-order valence-electron chi connectivity index (χ4n) is 10.1. The number of Topliss-reactive ketones (excluding diaryl/α,β-unsaturated/α-hetero) is 1. The van der Waals surface area contributed by atoms with Gasteiger partial charge in [-0.15, -0.1) is 0 Å². The maximum Gasteiger partial charge on any atom is 0.251 e. The average Bonchev–Trinajstić information content (AvgIpc) is 3.90. The Labute approximate surface area is 440 Å². The topological polar surface area (TPSA) is 112 Å². The van der Waals surface area contributed by atoms with E-state index in [0.717, 1.165) is 74.3 Å². The third-order valence-corrected chi connectivity index (χ3v) is 18.4. The van der Waals surface area contributed by atoms with Crippen LogP contribution in [-0.2, 0) is 30.7 Å². The van der Waals surface area contributed by atoms with Gasteiger partial charge in [-0.3, -0.25) is 29.4 Å². The number of likely N-dealkylation sites (N-methyl/N-ethyl adjacent to an activating group) is 1. The van der Waals surface area contributed by atoms with Crippen molar-refractivity contribution in [2.24, 2.45) is 4.99 Å². The van der Waals surface area contributed by atoms with E-state index in [9.17, 15) is 9.59 Å². The standard InChI is InChI=1S/C64H60N7O3P/c1-70(46-56(72)38-47-24-30-61(63(39-47)74-2)67-34-36-71(44-53-16-12-14-32-65-53)45-54-17-13-15-33-66-54)55-29-27-48-40-50(26-25-49(48)42-55)62-43-52-41-51(28-31-60(52)69-62)64(73)68-35-37-75(57-18-6-3-7-19-57,58-20-8-4-9-21-58)59-22-10-5-11-23-59/h3-33,39-42,67H,34-38,43-46H2,1-2H3/p+1. The number of amides is 1. The van der Waals surface area contributed by atoms with Crippen LogP contribution in [0.3, 0.4) is 0 Å². The molecular formula is C64H61N7O3P+.